The quantitative estimate of drug-likeness (QED) is 0.154. The molecular formula is C27H32O7Ti+4. The normalized spacial score (nSPS) is 8.89. The van der Waals surface area contributed by atoms with Crippen LogP contribution in [-0.4, -0.2) is 59.6 Å². The Bertz CT molecular complexity index is 1030. The summed E-state index contributed by atoms with van der Waals surface area (Å²) in [5.41, 5.74) is 1.40. The van der Waals surface area contributed by atoms with Crippen molar-refractivity contribution in [3.05, 3.63) is 103 Å². The molecule has 3 rings (SSSR count). The van der Waals surface area contributed by atoms with Crippen LogP contribution in [0.4, 0.5) is 0 Å². The molecule has 0 atom stereocenters. The second kappa shape index (κ2) is 16.8. The molecule has 35 heavy (non-hydrogen) atoms. The Morgan fingerprint density at radius 2 is 1.06 bits per heavy atom. The first-order chi connectivity index (χ1) is 16.1. The number of rotatable bonds is 7. The maximum atomic E-state index is 9.37. The maximum Gasteiger partial charge on any atom is 0.393 e. The molecule has 3 aromatic carbocycles. The molecule has 0 aromatic heterocycles. The molecule has 0 aliphatic carbocycles. The van der Waals surface area contributed by atoms with E-state index in [1.807, 2.05) is 36.4 Å². The minimum absolute atomic E-state index is 0. The van der Waals surface area contributed by atoms with E-state index in [0.29, 0.717) is 16.9 Å². The van der Waals surface area contributed by atoms with Crippen molar-refractivity contribution in [3.63, 3.8) is 0 Å². The van der Waals surface area contributed by atoms with Gasteiger partial charge in [-0.3, -0.25) is 9.59 Å². The number of hydrogen-bond acceptors (Lipinski definition) is 1. The van der Waals surface area contributed by atoms with Gasteiger partial charge in [-0.1, -0.05) is 47.5 Å². The number of benzene rings is 3. The van der Waals surface area contributed by atoms with Crippen LogP contribution in [0.15, 0.2) is 78.9 Å². The van der Waals surface area contributed by atoms with Gasteiger partial charge in [0.05, 0.1) is 7.11 Å². The molecule has 182 valence electrons. The van der Waals surface area contributed by atoms with Crippen LogP contribution < -0.4 is 4.74 Å². The van der Waals surface area contributed by atoms with E-state index in [9.17, 15) is 9.59 Å². The van der Waals surface area contributed by atoms with E-state index in [1.165, 1.54) is 33.8 Å². The fraction of sp³-hybridized carbons (Fsp3) is 0.111. The topological polar surface area (TPSA) is 141 Å². The summed E-state index contributed by atoms with van der Waals surface area (Å²) in [6.07, 6.45) is 2.63. The van der Waals surface area contributed by atoms with Gasteiger partial charge in [-0.2, -0.15) is 0 Å². The fourth-order valence-electron chi connectivity index (χ4n) is 2.48. The van der Waals surface area contributed by atoms with Crippen molar-refractivity contribution in [2.75, 3.05) is 7.11 Å². The first-order valence-corrected chi connectivity index (χ1v) is 10.2. The van der Waals surface area contributed by atoms with Crippen LogP contribution in [0, 0.1) is 12.8 Å². The number of para-hydroxylation sites is 1. The van der Waals surface area contributed by atoms with E-state index in [2.05, 4.69) is 0 Å². The van der Waals surface area contributed by atoms with E-state index in [0.717, 1.165) is 0 Å². The Kier molecular flexibility index (Phi) is 14.9. The van der Waals surface area contributed by atoms with Gasteiger partial charge in [0.1, 0.15) is 0 Å². The molecule has 0 fully saturated rings. The largest absolute Gasteiger partial charge is 0.587 e. The zero-order valence-corrected chi connectivity index (χ0v) is 21.4. The SMILES string of the molecule is CC(=[OH+])[CH-]C(=[OH+])c1ccccc1.CC(=[OH+])[CH-]C(=[OH+])c1ccccc1.COc1cccc([OH2+])c1[OH2+].[Ti]. The maximum absolute atomic E-state index is 9.37. The van der Waals surface area contributed by atoms with Gasteiger partial charge in [-0.15, -0.1) is 24.3 Å². The fourth-order valence-corrected chi connectivity index (χ4v) is 2.48. The monoisotopic (exact) mass is 516 g/mol. The summed E-state index contributed by atoms with van der Waals surface area (Å²) >= 11 is 0. The molecule has 3 aromatic rings. The summed E-state index contributed by atoms with van der Waals surface area (Å²) < 4.78 is 4.82. The summed E-state index contributed by atoms with van der Waals surface area (Å²) in [4.78, 5) is 36.5. The number of hydrogen-bond donors (Lipinski definition) is 0. The van der Waals surface area contributed by atoms with Gasteiger partial charge in [0.15, 0.2) is 0 Å². The summed E-state index contributed by atoms with van der Waals surface area (Å²) in [6.45, 7) is 3.03. The molecule has 0 unspecified atom stereocenters. The van der Waals surface area contributed by atoms with Crippen molar-refractivity contribution in [2.45, 2.75) is 13.8 Å². The van der Waals surface area contributed by atoms with E-state index in [1.54, 1.807) is 42.5 Å². The van der Waals surface area contributed by atoms with Crippen LogP contribution in [0.1, 0.15) is 25.0 Å². The average Bonchev–Trinajstić information content (AvgIpc) is 2.82. The molecule has 7 nitrogen and oxygen atoms in total. The Labute approximate surface area is 219 Å². The third-order valence-corrected chi connectivity index (χ3v) is 4.08. The zero-order valence-electron chi connectivity index (χ0n) is 19.9. The molecule has 0 aliphatic heterocycles. The zero-order chi connectivity index (χ0) is 25.5. The number of methoxy groups -OCH3 is 1. The third-order valence-electron chi connectivity index (χ3n) is 4.08. The van der Waals surface area contributed by atoms with Crippen molar-refractivity contribution >= 4 is 23.1 Å². The molecular weight excluding hydrogens is 484 g/mol. The summed E-state index contributed by atoms with van der Waals surface area (Å²) in [5, 5.41) is 14.5. The van der Waals surface area contributed by atoms with E-state index < -0.39 is 0 Å². The van der Waals surface area contributed by atoms with Gasteiger partial charge >= 0.3 is 11.5 Å². The second-order valence-corrected chi connectivity index (χ2v) is 6.96. The molecule has 0 heterocycles. The molecule has 0 bridgehead atoms. The molecule has 8 N–H and O–H groups in total. The average molecular weight is 516 g/mol. The van der Waals surface area contributed by atoms with Gasteiger partial charge in [0, 0.05) is 41.6 Å². The summed E-state index contributed by atoms with van der Waals surface area (Å²) in [7, 11) is 1.49. The smallest absolute Gasteiger partial charge is 0.393 e. The number of ketones is 4. The van der Waals surface area contributed by atoms with Crippen molar-refractivity contribution in [1.82, 2.24) is 0 Å². The van der Waals surface area contributed by atoms with E-state index >= 15 is 0 Å². The molecule has 0 radical (unpaired) electrons. The van der Waals surface area contributed by atoms with Crippen molar-refractivity contribution < 1.29 is 55.8 Å². The molecule has 8 heteroatoms. The first kappa shape index (κ1) is 31.2. The van der Waals surface area contributed by atoms with Crippen molar-refractivity contribution in [3.8, 4) is 17.2 Å². The number of carbonyl (C=O) groups excluding carboxylic acids is 4. The van der Waals surface area contributed by atoms with Crippen LogP contribution in [-0.2, 0) is 21.7 Å². The van der Waals surface area contributed by atoms with Crippen LogP contribution in [0.25, 0.3) is 0 Å². The Balaban J connectivity index is 0.000000491. The number of ether oxygens (including phenoxy) is 1. The predicted molar refractivity (Wildman–Crippen MR) is 138 cm³/mol. The molecule has 0 aliphatic rings. The molecule has 0 amide bonds. The Morgan fingerprint density at radius 3 is 1.37 bits per heavy atom. The Morgan fingerprint density at radius 1 is 0.657 bits per heavy atom. The second-order valence-electron chi connectivity index (χ2n) is 6.96. The van der Waals surface area contributed by atoms with Gasteiger partial charge in [0.2, 0.25) is 28.9 Å². The van der Waals surface area contributed by atoms with Gasteiger partial charge in [-0.05, 0) is 25.0 Å². The van der Waals surface area contributed by atoms with Crippen molar-refractivity contribution in [2.24, 2.45) is 0 Å². The summed E-state index contributed by atoms with van der Waals surface area (Å²) in [6, 6.07) is 23.0. The van der Waals surface area contributed by atoms with Crippen LogP contribution in [0.3, 0.4) is 0 Å². The molecule has 0 saturated heterocycles. The minimum atomic E-state index is 0. The standard InChI is InChI=1S/2C10H9O2.C7H8O3.Ti/c2*1-8(11)7-10(12)9-5-3-2-4-6-9;1-10-6-4-2-3-5(8)7(6)9;/h2*2-7H,1H3;2-4,8-9H,1H3;/q2*-1;;/p+6. The van der Waals surface area contributed by atoms with Gasteiger partial charge < -0.3 is 24.5 Å². The molecule has 0 saturated carbocycles. The molecule has 0 spiro atoms. The van der Waals surface area contributed by atoms with Crippen LogP contribution >= 0.6 is 0 Å². The van der Waals surface area contributed by atoms with Gasteiger partial charge in [-0.25, -0.2) is 0 Å². The van der Waals surface area contributed by atoms with Crippen LogP contribution in [0.5, 0.6) is 17.2 Å². The predicted octanol–water partition coefficient (Wildman–Crippen LogP) is 3.27. The van der Waals surface area contributed by atoms with Crippen LogP contribution in [0.2, 0.25) is 0 Å². The Hall–Kier alpha value is -3.81. The van der Waals surface area contributed by atoms with E-state index in [4.69, 9.17) is 24.5 Å². The van der Waals surface area contributed by atoms with E-state index in [-0.39, 0.29) is 56.3 Å². The van der Waals surface area contributed by atoms with Crippen molar-refractivity contribution in [1.29, 1.82) is 0 Å². The summed E-state index contributed by atoms with van der Waals surface area (Å²) in [5.74, 6) is 1.13. The first-order valence-electron chi connectivity index (χ1n) is 10.2. The minimum Gasteiger partial charge on any atom is -0.587 e. The van der Waals surface area contributed by atoms with Gasteiger partial charge in [0.25, 0.3) is 0 Å². The third kappa shape index (κ3) is 12.3.